The van der Waals surface area contributed by atoms with Crippen LogP contribution in [0, 0.1) is 6.92 Å². The molecule has 30 heavy (non-hydrogen) atoms. The van der Waals surface area contributed by atoms with Gasteiger partial charge in [-0.2, -0.15) is 4.80 Å². The normalized spacial score (nSPS) is 11.3. The molecule has 4 rings (SSSR count). The van der Waals surface area contributed by atoms with E-state index in [4.69, 9.17) is 23.2 Å². The molecule has 3 aromatic carbocycles. The molecule has 0 aliphatic heterocycles. The molecule has 1 heterocycles. The van der Waals surface area contributed by atoms with Gasteiger partial charge < -0.3 is 5.32 Å². The number of nitrogens with zero attached hydrogens (tertiary/aromatic N) is 3. The number of hydrogen-bond acceptors (Lipinski definition) is 3. The first-order valence-electron chi connectivity index (χ1n) is 9.56. The average molecular weight is 439 g/mol. The zero-order valence-electron chi connectivity index (χ0n) is 16.8. The van der Waals surface area contributed by atoms with Crippen LogP contribution in [-0.2, 0) is 0 Å². The molecule has 1 aromatic heterocycles. The van der Waals surface area contributed by atoms with Crippen LogP contribution in [0.25, 0.3) is 16.7 Å². The van der Waals surface area contributed by atoms with Crippen molar-refractivity contribution in [1.29, 1.82) is 0 Å². The lowest BCUT2D eigenvalue weighted by atomic mass is 10.0. The largest absolute Gasteiger partial charge is 0.322 e. The second-order valence-corrected chi connectivity index (χ2v) is 8.29. The van der Waals surface area contributed by atoms with Gasteiger partial charge in [0.25, 0.3) is 5.91 Å². The fourth-order valence-corrected chi connectivity index (χ4v) is 3.44. The SMILES string of the molecule is Cc1cc2nn(-c3ccc(C(C)C)cc3)nc2cc1NC(=O)c1ccc(Cl)c(Cl)c1. The minimum atomic E-state index is -0.271. The molecule has 0 aliphatic rings. The van der Waals surface area contributed by atoms with Crippen molar-refractivity contribution in [3.63, 3.8) is 0 Å². The molecular weight excluding hydrogens is 419 g/mol. The molecule has 7 heteroatoms. The molecular formula is C23H20Cl2N4O. The van der Waals surface area contributed by atoms with Crippen LogP contribution in [-0.4, -0.2) is 20.9 Å². The van der Waals surface area contributed by atoms with E-state index in [1.165, 1.54) is 5.56 Å². The van der Waals surface area contributed by atoms with Crippen molar-refractivity contribution in [3.05, 3.63) is 81.3 Å². The lowest BCUT2D eigenvalue weighted by Crippen LogP contribution is -2.12. The first kappa shape index (κ1) is 20.4. The Bertz CT molecular complexity index is 1250. The number of nitrogens with one attached hydrogen (secondary N) is 1. The summed E-state index contributed by atoms with van der Waals surface area (Å²) in [7, 11) is 0. The number of aromatic nitrogens is 3. The van der Waals surface area contributed by atoms with E-state index in [0.29, 0.717) is 32.7 Å². The summed E-state index contributed by atoms with van der Waals surface area (Å²) in [6.07, 6.45) is 0. The molecule has 152 valence electrons. The van der Waals surface area contributed by atoms with Crippen LogP contribution in [0.4, 0.5) is 5.69 Å². The van der Waals surface area contributed by atoms with Crippen molar-refractivity contribution < 1.29 is 4.79 Å². The molecule has 0 aliphatic carbocycles. The molecule has 0 unspecified atom stereocenters. The van der Waals surface area contributed by atoms with Crippen LogP contribution in [0.15, 0.2) is 54.6 Å². The summed E-state index contributed by atoms with van der Waals surface area (Å²) in [6, 6.07) is 16.7. The zero-order valence-corrected chi connectivity index (χ0v) is 18.3. The third kappa shape index (κ3) is 4.04. The Morgan fingerprint density at radius 2 is 1.60 bits per heavy atom. The molecule has 0 fully saturated rings. The van der Waals surface area contributed by atoms with E-state index >= 15 is 0 Å². The summed E-state index contributed by atoms with van der Waals surface area (Å²) in [5.74, 6) is 0.195. The summed E-state index contributed by atoms with van der Waals surface area (Å²) < 4.78 is 0. The van der Waals surface area contributed by atoms with Gasteiger partial charge in [-0.1, -0.05) is 49.2 Å². The number of hydrogen-bond donors (Lipinski definition) is 1. The summed E-state index contributed by atoms with van der Waals surface area (Å²) in [5.41, 5.74) is 5.58. The van der Waals surface area contributed by atoms with E-state index in [1.807, 2.05) is 31.2 Å². The molecule has 0 bridgehead atoms. The van der Waals surface area contributed by atoms with Gasteiger partial charge in [-0.3, -0.25) is 4.79 Å². The summed E-state index contributed by atoms with van der Waals surface area (Å²) in [5, 5.41) is 12.8. The van der Waals surface area contributed by atoms with Gasteiger partial charge in [0.05, 0.1) is 15.7 Å². The maximum absolute atomic E-state index is 12.6. The Kier molecular flexibility index (Phi) is 5.50. The highest BCUT2D eigenvalue weighted by Crippen LogP contribution is 2.26. The van der Waals surface area contributed by atoms with Gasteiger partial charge in [-0.05, 0) is 66.4 Å². The molecule has 0 radical (unpaired) electrons. The van der Waals surface area contributed by atoms with Crippen molar-refractivity contribution in [1.82, 2.24) is 15.0 Å². The fourth-order valence-electron chi connectivity index (χ4n) is 3.14. The molecule has 0 saturated carbocycles. The van der Waals surface area contributed by atoms with Gasteiger partial charge in [-0.25, -0.2) is 0 Å². The molecule has 1 amide bonds. The molecule has 0 saturated heterocycles. The van der Waals surface area contributed by atoms with E-state index < -0.39 is 0 Å². The predicted molar refractivity (Wildman–Crippen MR) is 122 cm³/mol. The minimum Gasteiger partial charge on any atom is -0.322 e. The van der Waals surface area contributed by atoms with E-state index in [0.717, 1.165) is 16.8 Å². The highest BCUT2D eigenvalue weighted by atomic mass is 35.5. The van der Waals surface area contributed by atoms with Gasteiger partial charge in [0.1, 0.15) is 11.0 Å². The van der Waals surface area contributed by atoms with Gasteiger partial charge in [0, 0.05) is 11.3 Å². The smallest absolute Gasteiger partial charge is 0.255 e. The number of benzene rings is 3. The Morgan fingerprint density at radius 1 is 0.933 bits per heavy atom. The van der Waals surface area contributed by atoms with Crippen LogP contribution in [0.2, 0.25) is 10.0 Å². The summed E-state index contributed by atoms with van der Waals surface area (Å²) in [4.78, 5) is 14.2. The number of carbonyl (C=O) groups is 1. The third-order valence-corrected chi connectivity index (χ3v) is 5.69. The Labute approximate surface area is 184 Å². The highest BCUT2D eigenvalue weighted by molar-refractivity contribution is 6.42. The van der Waals surface area contributed by atoms with Crippen molar-refractivity contribution in [2.24, 2.45) is 0 Å². The lowest BCUT2D eigenvalue weighted by Gasteiger charge is -2.08. The number of anilines is 1. The number of amides is 1. The topological polar surface area (TPSA) is 59.8 Å². The van der Waals surface area contributed by atoms with Crippen molar-refractivity contribution in [2.45, 2.75) is 26.7 Å². The molecule has 4 aromatic rings. The van der Waals surface area contributed by atoms with Crippen LogP contribution < -0.4 is 5.32 Å². The minimum absolute atomic E-state index is 0.271. The van der Waals surface area contributed by atoms with Crippen LogP contribution in [0.5, 0.6) is 0 Å². The number of halogens is 2. The van der Waals surface area contributed by atoms with Gasteiger partial charge >= 0.3 is 0 Å². The van der Waals surface area contributed by atoms with Crippen LogP contribution in [0.1, 0.15) is 41.3 Å². The third-order valence-electron chi connectivity index (χ3n) is 4.95. The number of aryl methyl sites for hydroxylation is 1. The standard InChI is InChI=1S/C23H20Cl2N4O/c1-13(2)15-4-7-17(8-5-15)29-27-21-10-14(3)20(12-22(21)28-29)26-23(30)16-6-9-18(24)19(25)11-16/h4-13H,1-3H3,(H,26,30). The first-order valence-corrected chi connectivity index (χ1v) is 10.3. The quantitative estimate of drug-likeness (QED) is 0.400. The Morgan fingerprint density at radius 3 is 2.23 bits per heavy atom. The highest BCUT2D eigenvalue weighted by Gasteiger charge is 2.13. The van der Waals surface area contributed by atoms with Gasteiger partial charge in [0.15, 0.2) is 0 Å². The number of carbonyl (C=O) groups excluding carboxylic acids is 1. The van der Waals surface area contributed by atoms with Gasteiger partial charge in [0.2, 0.25) is 0 Å². The molecule has 0 atom stereocenters. The molecule has 0 spiro atoms. The van der Waals surface area contributed by atoms with Crippen LogP contribution >= 0.6 is 23.2 Å². The summed E-state index contributed by atoms with van der Waals surface area (Å²) >= 11 is 12.0. The maximum Gasteiger partial charge on any atom is 0.255 e. The van der Waals surface area contributed by atoms with E-state index in [2.05, 4.69) is 41.5 Å². The Hall–Kier alpha value is -2.89. The van der Waals surface area contributed by atoms with Gasteiger partial charge in [-0.15, -0.1) is 10.2 Å². The number of rotatable bonds is 4. The number of fused-ring (bicyclic) bond motifs is 1. The second-order valence-electron chi connectivity index (χ2n) is 7.47. The lowest BCUT2D eigenvalue weighted by molar-refractivity contribution is 0.102. The van der Waals surface area contributed by atoms with E-state index in [9.17, 15) is 4.79 Å². The average Bonchev–Trinajstić information content (AvgIpc) is 3.13. The van der Waals surface area contributed by atoms with Crippen LogP contribution in [0.3, 0.4) is 0 Å². The first-order chi connectivity index (χ1) is 14.3. The second kappa shape index (κ2) is 8.09. The molecule has 1 N–H and O–H groups in total. The fraction of sp³-hybridized carbons (Fsp3) is 0.174. The zero-order chi connectivity index (χ0) is 21.4. The monoisotopic (exact) mass is 438 g/mol. The summed E-state index contributed by atoms with van der Waals surface area (Å²) in [6.45, 7) is 6.23. The predicted octanol–water partition coefficient (Wildman–Crippen LogP) is 6.41. The van der Waals surface area contributed by atoms with E-state index in [1.54, 1.807) is 23.0 Å². The maximum atomic E-state index is 12.6. The van der Waals surface area contributed by atoms with Crippen molar-refractivity contribution in [2.75, 3.05) is 5.32 Å². The van der Waals surface area contributed by atoms with Crippen molar-refractivity contribution in [3.8, 4) is 5.69 Å². The van der Waals surface area contributed by atoms with Crippen molar-refractivity contribution >= 4 is 45.8 Å². The molecule has 5 nitrogen and oxygen atoms in total. The van der Waals surface area contributed by atoms with E-state index in [-0.39, 0.29) is 5.91 Å². The Balaban J connectivity index is 1.63.